The van der Waals surface area contributed by atoms with E-state index in [-0.39, 0.29) is 11.8 Å². The molecule has 4 N–H and O–H groups in total. The van der Waals surface area contributed by atoms with Crippen LogP contribution in [-0.4, -0.2) is 45.3 Å². The highest BCUT2D eigenvalue weighted by Gasteiger charge is 2.23. The first-order chi connectivity index (χ1) is 27.6. The summed E-state index contributed by atoms with van der Waals surface area (Å²) in [4.78, 5) is 43.3. The molecule has 8 bridgehead atoms. The Bertz CT molecular complexity index is 2180. The molecule has 304 valence electrons. The van der Waals surface area contributed by atoms with Crippen molar-refractivity contribution in [2.45, 2.75) is 137 Å². The first-order valence-corrected chi connectivity index (χ1v) is 21.5. The van der Waals surface area contributed by atoms with Crippen molar-refractivity contribution in [2.75, 3.05) is 13.6 Å². The predicted octanol–water partition coefficient (Wildman–Crippen LogP) is 12.2. The van der Waals surface area contributed by atoms with Crippen molar-refractivity contribution in [2.24, 2.45) is 0 Å². The van der Waals surface area contributed by atoms with Gasteiger partial charge in [0.15, 0.2) is 0 Å². The Balaban J connectivity index is 1.41. The fraction of sp³-hybridized carbons (Fsp3) is 0.469. The van der Waals surface area contributed by atoms with Crippen molar-refractivity contribution in [3.63, 3.8) is 0 Å². The number of carbonyl (C=O) groups excluding carboxylic acids is 2. The number of amides is 2. The van der Waals surface area contributed by atoms with Crippen LogP contribution in [0.2, 0.25) is 0 Å². The summed E-state index contributed by atoms with van der Waals surface area (Å²) in [7, 11) is 1.67. The van der Waals surface area contributed by atoms with Crippen LogP contribution < -0.4 is 10.6 Å². The van der Waals surface area contributed by atoms with E-state index in [9.17, 15) is 9.59 Å². The molecule has 0 atom stereocenters. The molecule has 57 heavy (non-hydrogen) atoms. The Labute approximate surface area is 340 Å². The highest BCUT2D eigenvalue weighted by Crippen LogP contribution is 2.38. The lowest BCUT2D eigenvalue weighted by molar-refractivity contribution is -0.121. The third-order valence-electron chi connectivity index (χ3n) is 11.9. The second kappa shape index (κ2) is 21.0. The average Bonchev–Trinajstić information content (AvgIpc) is 3.86. The smallest absolute Gasteiger partial charge is 0.220 e. The zero-order valence-corrected chi connectivity index (χ0v) is 35.6. The SMILES string of the molecule is C=Cc1c(C)c2cc3[nH]c(cc4nc(cc5nc(cc1[nH]2)C(C)=C5CCC(=O)NC)C(CCC(=O)NCCCCCCCCCCCCCC)=C4C)c(C)c3C=C. The number of carbonyl (C=O) groups is 2. The molecule has 0 fully saturated rings. The zero-order chi connectivity index (χ0) is 40.9. The number of nitrogens with one attached hydrogen (secondary N) is 4. The summed E-state index contributed by atoms with van der Waals surface area (Å²) in [5, 5.41) is 5.94. The Morgan fingerprint density at radius 3 is 1.53 bits per heavy atom. The standard InChI is InChI=1S/C49H66N6O2/c1-9-12-13-14-15-16-17-18-19-20-21-22-27-51-49(57)26-24-39-34(6)41-28-40-32(4)36(10-2)44(52-40)29-42-33(5)37(11-3)45(53-42)30-43-35(7)38(23-25-48(56)50-8)46(55-43)31-47(39)54-41/h10-11,28-31,52-53H,2-3,9,12-27H2,1,4-8H3,(H,50,56)(H,51,57). The van der Waals surface area contributed by atoms with Gasteiger partial charge < -0.3 is 20.6 Å². The molecule has 2 aliphatic rings. The van der Waals surface area contributed by atoms with Crippen LogP contribution in [0.5, 0.6) is 0 Å². The van der Waals surface area contributed by atoms with E-state index in [0.29, 0.717) is 32.2 Å². The highest BCUT2D eigenvalue weighted by atomic mass is 16.2. The van der Waals surface area contributed by atoms with E-state index < -0.39 is 0 Å². The van der Waals surface area contributed by atoms with Gasteiger partial charge in [-0.05, 0) is 105 Å². The van der Waals surface area contributed by atoms with Crippen LogP contribution in [0.1, 0.15) is 169 Å². The summed E-state index contributed by atoms with van der Waals surface area (Å²) in [6.07, 6.45) is 21.2. The summed E-state index contributed by atoms with van der Waals surface area (Å²) in [5.41, 5.74) is 15.4. The Kier molecular flexibility index (Phi) is 15.9. The Morgan fingerprint density at radius 1 is 0.596 bits per heavy atom. The third kappa shape index (κ3) is 10.9. The number of unbranched alkanes of at least 4 members (excludes halogenated alkanes) is 11. The van der Waals surface area contributed by atoms with Crippen molar-refractivity contribution >= 4 is 68.3 Å². The average molecular weight is 771 g/mol. The monoisotopic (exact) mass is 771 g/mol. The van der Waals surface area contributed by atoms with Crippen LogP contribution in [-0.2, 0) is 9.59 Å². The molecule has 8 nitrogen and oxygen atoms in total. The van der Waals surface area contributed by atoms with E-state index in [2.05, 4.69) is 92.6 Å². The lowest BCUT2D eigenvalue weighted by Gasteiger charge is -2.08. The van der Waals surface area contributed by atoms with Gasteiger partial charge in [-0.25, -0.2) is 9.97 Å². The molecule has 3 aromatic rings. The molecule has 5 rings (SSSR count). The first-order valence-electron chi connectivity index (χ1n) is 21.5. The number of allylic oxidation sites excluding steroid dienone is 4. The maximum Gasteiger partial charge on any atom is 0.220 e. The van der Waals surface area contributed by atoms with E-state index in [0.717, 1.165) is 102 Å². The van der Waals surface area contributed by atoms with Crippen LogP contribution in [0.4, 0.5) is 0 Å². The van der Waals surface area contributed by atoms with E-state index in [1.165, 1.54) is 64.2 Å². The normalized spacial score (nSPS) is 12.7. The van der Waals surface area contributed by atoms with Gasteiger partial charge in [0, 0.05) is 59.6 Å². The maximum atomic E-state index is 13.2. The van der Waals surface area contributed by atoms with E-state index in [1.807, 2.05) is 12.2 Å². The van der Waals surface area contributed by atoms with Gasteiger partial charge in [0.05, 0.1) is 22.8 Å². The second-order valence-electron chi connectivity index (χ2n) is 15.9. The molecular weight excluding hydrogens is 705 g/mol. The van der Waals surface area contributed by atoms with Crippen molar-refractivity contribution in [3.8, 4) is 0 Å². The van der Waals surface area contributed by atoms with Crippen molar-refractivity contribution in [1.82, 2.24) is 30.6 Å². The molecule has 0 unspecified atom stereocenters. The van der Waals surface area contributed by atoms with Gasteiger partial charge in [-0.2, -0.15) is 0 Å². The van der Waals surface area contributed by atoms with E-state index in [1.54, 1.807) is 7.05 Å². The van der Waals surface area contributed by atoms with E-state index >= 15 is 0 Å². The van der Waals surface area contributed by atoms with Crippen LogP contribution >= 0.6 is 0 Å². The molecule has 2 amide bonds. The van der Waals surface area contributed by atoms with Crippen LogP contribution in [0.3, 0.4) is 0 Å². The molecule has 2 aliphatic heterocycles. The van der Waals surface area contributed by atoms with Gasteiger partial charge in [-0.3, -0.25) is 9.59 Å². The Hall–Kier alpha value is -4.98. The number of hydrogen-bond acceptors (Lipinski definition) is 4. The van der Waals surface area contributed by atoms with Crippen LogP contribution in [0.25, 0.3) is 56.5 Å². The molecule has 0 aliphatic carbocycles. The number of hydrogen-bond donors (Lipinski definition) is 4. The summed E-state index contributed by atoms with van der Waals surface area (Å²) in [5.74, 6) is 0.0433. The lowest BCUT2D eigenvalue weighted by atomic mass is 9.98. The summed E-state index contributed by atoms with van der Waals surface area (Å²) < 4.78 is 0. The minimum atomic E-state index is -0.0200. The molecule has 5 heterocycles. The van der Waals surface area contributed by atoms with Gasteiger partial charge in [0.25, 0.3) is 0 Å². The maximum absolute atomic E-state index is 13.2. The third-order valence-corrected chi connectivity index (χ3v) is 11.9. The predicted molar refractivity (Wildman–Crippen MR) is 242 cm³/mol. The lowest BCUT2D eigenvalue weighted by Crippen LogP contribution is -2.24. The molecular formula is C49H66N6O2. The molecule has 0 saturated heterocycles. The van der Waals surface area contributed by atoms with Gasteiger partial charge in [-0.15, -0.1) is 0 Å². The topological polar surface area (TPSA) is 116 Å². The largest absolute Gasteiger partial charge is 0.359 e. The zero-order valence-electron chi connectivity index (χ0n) is 35.6. The van der Waals surface area contributed by atoms with Crippen molar-refractivity contribution < 1.29 is 9.59 Å². The molecule has 0 aromatic carbocycles. The number of rotatable bonds is 21. The highest BCUT2D eigenvalue weighted by molar-refractivity contribution is 5.97. The van der Waals surface area contributed by atoms with Gasteiger partial charge in [0.2, 0.25) is 11.8 Å². The molecule has 0 saturated carbocycles. The van der Waals surface area contributed by atoms with Gasteiger partial charge in [0.1, 0.15) is 0 Å². The van der Waals surface area contributed by atoms with Crippen LogP contribution in [0, 0.1) is 13.8 Å². The van der Waals surface area contributed by atoms with Crippen molar-refractivity contribution in [1.29, 1.82) is 0 Å². The van der Waals surface area contributed by atoms with Gasteiger partial charge in [-0.1, -0.05) is 103 Å². The van der Waals surface area contributed by atoms with Crippen LogP contribution in [0.15, 0.2) is 37.4 Å². The second-order valence-corrected chi connectivity index (χ2v) is 15.9. The minimum Gasteiger partial charge on any atom is -0.359 e. The number of fused-ring (bicyclic) bond motifs is 8. The molecule has 8 heteroatoms. The number of aromatic nitrogens is 4. The number of aryl methyl sites for hydroxylation is 2. The van der Waals surface area contributed by atoms with Crippen molar-refractivity contribution in [3.05, 3.63) is 82.5 Å². The number of nitrogens with zero attached hydrogens (tertiary/aromatic N) is 2. The fourth-order valence-corrected chi connectivity index (χ4v) is 8.19. The van der Waals surface area contributed by atoms with Gasteiger partial charge >= 0.3 is 0 Å². The first kappa shape index (κ1) is 43.1. The van der Waals surface area contributed by atoms with E-state index in [4.69, 9.17) is 9.97 Å². The minimum absolute atomic E-state index is 0.0200. The molecule has 3 aromatic heterocycles. The number of aromatic amines is 2. The quantitative estimate of drug-likeness (QED) is 0.0807. The number of H-pyrrole nitrogens is 2. The molecule has 0 spiro atoms. The fourth-order valence-electron chi connectivity index (χ4n) is 8.19. The summed E-state index contributed by atoms with van der Waals surface area (Å²) >= 11 is 0. The summed E-state index contributed by atoms with van der Waals surface area (Å²) in [6, 6.07) is 8.36. The molecule has 0 radical (unpaired) electrons. The Morgan fingerprint density at radius 2 is 1.04 bits per heavy atom. The summed E-state index contributed by atoms with van der Waals surface area (Å²) in [6.45, 7) is 19.6.